The molecule has 1 unspecified atom stereocenters. The SMILES string of the molecule is O=C(COCC(F)(F)F)NC1CCS(=O)(=O)C1. The number of nitrogens with one attached hydrogen (secondary N) is 1. The molecule has 1 fully saturated rings. The van der Waals surface area contributed by atoms with Crippen LogP contribution in [0.5, 0.6) is 0 Å². The van der Waals surface area contributed by atoms with E-state index >= 15 is 0 Å². The number of carbonyl (C=O) groups is 1. The Morgan fingerprint density at radius 1 is 1.41 bits per heavy atom. The Morgan fingerprint density at radius 2 is 2.06 bits per heavy atom. The van der Waals surface area contributed by atoms with Crippen molar-refractivity contribution in [3.8, 4) is 0 Å². The molecule has 5 nitrogen and oxygen atoms in total. The zero-order chi connectivity index (χ0) is 13.1. The number of rotatable bonds is 4. The average molecular weight is 275 g/mol. The van der Waals surface area contributed by atoms with E-state index in [1.165, 1.54) is 0 Å². The van der Waals surface area contributed by atoms with Gasteiger partial charge in [0.1, 0.15) is 13.2 Å². The molecule has 1 amide bonds. The zero-order valence-electron chi connectivity index (χ0n) is 8.79. The minimum absolute atomic E-state index is 0.0125. The maximum absolute atomic E-state index is 11.7. The van der Waals surface area contributed by atoms with E-state index in [0.717, 1.165) is 0 Å². The van der Waals surface area contributed by atoms with Gasteiger partial charge in [-0.1, -0.05) is 0 Å². The van der Waals surface area contributed by atoms with E-state index in [1.54, 1.807) is 0 Å². The van der Waals surface area contributed by atoms with Gasteiger partial charge in [-0.15, -0.1) is 0 Å². The molecule has 1 aliphatic heterocycles. The highest BCUT2D eigenvalue weighted by Crippen LogP contribution is 2.14. The van der Waals surface area contributed by atoms with Crippen LogP contribution in [-0.4, -0.2) is 51.3 Å². The summed E-state index contributed by atoms with van der Waals surface area (Å²) in [6.45, 7) is -2.22. The molecule has 1 rings (SSSR count). The third-order valence-electron chi connectivity index (χ3n) is 2.10. The van der Waals surface area contributed by atoms with Gasteiger partial charge in [0.25, 0.3) is 0 Å². The van der Waals surface area contributed by atoms with Crippen molar-refractivity contribution in [2.24, 2.45) is 0 Å². The number of halogens is 3. The number of sulfone groups is 1. The third-order valence-corrected chi connectivity index (χ3v) is 3.86. The van der Waals surface area contributed by atoms with Crippen molar-refractivity contribution < 1.29 is 31.1 Å². The molecule has 0 bridgehead atoms. The van der Waals surface area contributed by atoms with Crippen LogP contribution in [0.1, 0.15) is 6.42 Å². The minimum Gasteiger partial charge on any atom is -0.362 e. The number of ether oxygens (including phenoxy) is 1. The fourth-order valence-electron chi connectivity index (χ4n) is 1.44. The summed E-state index contributed by atoms with van der Waals surface area (Å²) in [5, 5.41) is 2.31. The van der Waals surface area contributed by atoms with E-state index in [0.29, 0.717) is 0 Å². The maximum atomic E-state index is 11.7. The lowest BCUT2D eigenvalue weighted by Crippen LogP contribution is -2.38. The van der Waals surface area contributed by atoms with Gasteiger partial charge in [-0.05, 0) is 6.42 Å². The monoisotopic (exact) mass is 275 g/mol. The summed E-state index contributed by atoms with van der Waals surface area (Å²) in [7, 11) is -3.12. The first-order valence-electron chi connectivity index (χ1n) is 4.82. The van der Waals surface area contributed by atoms with Gasteiger partial charge < -0.3 is 10.1 Å². The highest BCUT2D eigenvalue weighted by atomic mass is 32.2. The minimum atomic E-state index is -4.48. The van der Waals surface area contributed by atoms with Gasteiger partial charge in [0, 0.05) is 6.04 Å². The first kappa shape index (κ1) is 14.2. The van der Waals surface area contributed by atoms with E-state index in [2.05, 4.69) is 10.1 Å². The van der Waals surface area contributed by atoms with Crippen molar-refractivity contribution in [1.82, 2.24) is 5.32 Å². The zero-order valence-corrected chi connectivity index (χ0v) is 9.60. The Labute approximate surface area is 96.2 Å². The Hall–Kier alpha value is -0.830. The second kappa shape index (κ2) is 5.21. The van der Waals surface area contributed by atoms with Crippen LogP contribution in [0.3, 0.4) is 0 Å². The van der Waals surface area contributed by atoms with Crippen LogP contribution in [0.25, 0.3) is 0 Å². The van der Waals surface area contributed by atoms with Crippen molar-refractivity contribution in [3.63, 3.8) is 0 Å². The number of hydrogen-bond donors (Lipinski definition) is 1. The van der Waals surface area contributed by atoms with Gasteiger partial charge >= 0.3 is 6.18 Å². The normalized spacial score (nSPS) is 23.6. The highest BCUT2D eigenvalue weighted by Gasteiger charge is 2.30. The van der Waals surface area contributed by atoms with Gasteiger partial charge in [-0.3, -0.25) is 4.79 Å². The molecule has 0 aromatic heterocycles. The first-order chi connectivity index (χ1) is 7.68. The lowest BCUT2D eigenvalue weighted by atomic mass is 10.2. The average Bonchev–Trinajstić information content (AvgIpc) is 2.42. The fourth-order valence-corrected chi connectivity index (χ4v) is 3.11. The third kappa shape index (κ3) is 5.87. The van der Waals surface area contributed by atoms with E-state index in [9.17, 15) is 26.4 Å². The van der Waals surface area contributed by atoms with Crippen LogP contribution in [-0.2, 0) is 19.4 Å². The van der Waals surface area contributed by atoms with Crippen molar-refractivity contribution >= 4 is 15.7 Å². The van der Waals surface area contributed by atoms with Crippen LogP contribution in [0.15, 0.2) is 0 Å². The van der Waals surface area contributed by atoms with Crippen LogP contribution >= 0.6 is 0 Å². The number of amides is 1. The molecule has 1 aliphatic rings. The molecule has 0 aromatic carbocycles. The largest absolute Gasteiger partial charge is 0.411 e. The lowest BCUT2D eigenvalue weighted by Gasteiger charge is -2.11. The lowest BCUT2D eigenvalue weighted by molar-refractivity contribution is -0.175. The topological polar surface area (TPSA) is 72.5 Å². The Balaban J connectivity index is 2.22. The fraction of sp³-hybridized carbons (Fsp3) is 0.875. The standard InChI is InChI=1S/C8H12F3NO4S/c9-8(10,11)5-16-3-7(13)12-6-1-2-17(14,15)4-6/h6H,1-5H2,(H,12,13). The number of carbonyl (C=O) groups excluding carboxylic acids is 1. The molecular weight excluding hydrogens is 263 g/mol. The summed E-state index contributed by atoms with van der Waals surface area (Å²) in [6.07, 6.45) is -4.19. The molecule has 1 N–H and O–H groups in total. The predicted octanol–water partition coefficient (Wildman–Crippen LogP) is -0.131. The molecule has 100 valence electrons. The highest BCUT2D eigenvalue weighted by molar-refractivity contribution is 7.91. The summed E-state index contributed by atoms with van der Waals surface area (Å²) >= 11 is 0. The van der Waals surface area contributed by atoms with Crippen molar-refractivity contribution in [3.05, 3.63) is 0 Å². The Kier molecular flexibility index (Phi) is 4.36. The van der Waals surface area contributed by atoms with Gasteiger partial charge in [-0.25, -0.2) is 8.42 Å². The van der Waals surface area contributed by atoms with Crippen LogP contribution < -0.4 is 5.32 Å². The number of alkyl halides is 3. The molecule has 17 heavy (non-hydrogen) atoms. The summed E-state index contributed by atoms with van der Waals surface area (Å²) in [5.41, 5.74) is 0. The van der Waals surface area contributed by atoms with Crippen molar-refractivity contribution in [2.45, 2.75) is 18.6 Å². The molecule has 9 heteroatoms. The van der Waals surface area contributed by atoms with Crippen molar-refractivity contribution in [2.75, 3.05) is 24.7 Å². The van der Waals surface area contributed by atoms with Crippen LogP contribution in [0, 0.1) is 0 Å². The van der Waals surface area contributed by atoms with Gasteiger partial charge in [-0.2, -0.15) is 13.2 Å². The predicted molar refractivity (Wildman–Crippen MR) is 52.1 cm³/mol. The van der Waals surface area contributed by atoms with Crippen molar-refractivity contribution in [1.29, 1.82) is 0 Å². The van der Waals surface area contributed by atoms with E-state index < -0.39 is 41.2 Å². The molecule has 1 atom stereocenters. The quantitative estimate of drug-likeness (QED) is 0.775. The second-order valence-electron chi connectivity index (χ2n) is 3.78. The smallest absolute Gasteiger partial charge is 0.362 e. The van der Waals surface area contributed by atoms with E-state index in [-0.39, 0.29) is 17.9 Å². The molecule has 1 saturated heterocycles. The molecule has 0 aliphatic carbocycles. The summed E-state index contributed by atoms with van der Waals surface area (Å²) in [5.74, 6) is -0.921. The second-order valence-corrected chi connectivity index (χ2v) is 6.00. The maximum Gasteiger partial charge on any atom is 0.411 e. The number of hydrogen-bond acceptors (Lipinski definition) is 4. The summed E-state index contributed by atoms with van der Waals surface area (Å²) in [6, 6.07) is -0.526. The summed E-state index contributed by atoms with van der Waals surface area (Å²) < 4.78 is 61.2. The van der Waals surface area contributed by atoms with Crippen LogP contribution in [0.2, 0.25) is 0 Å². The first-order valence-corrected chi connectivity index (χ1v) is 6.64. The summed E-state index contributed by atoms with van der Waals surface area (Å²) in [4.78, 5) is 11.1. The van der Waals surface area contributed by atoms with Gasteiger partial charge in [0.15, 0.2) is 9.84 Å². The molecule has 1 heterocycles. The molecule has 0 saturated carbocycles. The molecule has 0 spiro atoms. The molecule has 0 radical (unpaired) electrons. The molecule has 0 aromatic rings. The Morgan fingerprint density at radius 3 is 2.53 bits per heavy atom. The molecular formula is C8H12F3NO4S. The van der Waals surface area contributed by atoms with E-state index in [4.69, 9.17) is 0 Å². The van der Waals surface area contributed by atoms with E-state index in [1.807, 2.05) is 0 Å². The van der Waals surface area contributed by atoms with Gasteiger partial charge in [0.05, 0.1) is 11.5 Å². The van der Waals surface area contributed by atoms with Crippen LogP contribution in [0.4, 0.5) is 13.2 Å². The Bertz CT molecular complexity index is 379. The van der Waals surface area contributed by atoms with Gasteiger partial charge in [0.2, 0.25) is 5.91 Å².